The van der Waals surface area contributed by atoms with Gasteiger partial charge in [0, 0.05) is 15.6 Å². The fraction of sp³-hybridized carbons (Fsp3) is 0.154. The molecule has 3 nitrogen and oxygen atoms in total. The summed E-state index contributed by atoms with van der Waals surface area (Å²) < 4.78 is 0.710. The highest BCUT2D eigenvalue weighted by molar-refractivity contribution is 7.16. The third kappa shape index (κ3) is 4.13. The summed E-state index contributed by atoms with van der Waals surface area (Å²) in [5.41, 5.74) is 0.693. The first kappa shape index (κ1) is 14.2. The van der Waals surface area contributed by atoms with Gasteiger partial charge < -0.3 is 10.6 Å². The summed E-state index contributed by atoms with van der Waals surface area (Å²) in [4.78, 5) is 12.8. The van der Waals surface area contributed by atoms with Gasteiger partial charge in [0.05, 0.1) is 10.4 Å². The van der Waals surface area contributed by atoms with E-state index in [-0.39, 0.29) is 12.1 Å². The van der Waals surface area contributed by atoms with E-state index in [1.165, 1.54) is 11.3 Å². The van der Waals surface area contributed by atoms with Crippen molar-refractivity contribution in [2.75, 3.05) is 5.32 Å². The van der Waals surface area contributed by atoms with Crippen LogP contribution < -0.4 is 10.6 Å². The van der Waals surface area contributed by atoms with E-state index in [0.717, 1.165) is 4.88 Å². The predicted octanol–water partition coefficient (Wildman–Crippen LogP) is 4.94. The molecule has 1 heterocycles. The summed E-state index contributed by atoms with van der Waals surface area (Å²) >= 11 is 13.1. The second-order valence-electron chi connectivity index (χ2n) is 3.97. The molecule has 0 radical (unpaired) electrons. The number of anilines is 1. The van der Waals surface area contributed by atoms with Gasteiger partial charge in [0.15, 0.2) is 0 Å². The number of nitrogens with one attached hydrogen (secondary N) is 2. The molecular formula is C13H12Cl2N2OS. The molecule has 2 rings (SSSR count). The number of benzene rings is 1. The van der Waals surface area contributed by atoms with Crippen molar-refractivity contribution in [2.45, 2.75) is 13.0 Å². The molecule has 0 saturated carbocycles. The first-order valence-corrected chi connectivity index (χ1v) is 7.20. The number of thiophene rings is 1. The zero-order valence-corrected chi connectivity index (χ0v) is 12.4. The lowest BCUT2D eigenvalue weighted by molar-refractivity contribution is 0.249. The van der Waals surface area contributed by atoms with Crippen molar-refractivity contribution in [2.24, 2.45) is 0 Å². The Morgan fingerprint density at radius 1 is 1.16 bits per heavy atom. The second kappa shape index (κ2) is 6.28. The molecule has 6 heteroatoms. The van der Waals surface area contributed by atoms with Gasteiger partial charge in [0.2, 0.25) is 0 Å². The number of rotatable bonds is 3. The number of amides is 2. The second-order valence-corrected chi connectivity index (χ2v) is 6.15. The van der Waals surface area contributed by atoms with E-state index in [1.54, 1.807) is 24.3 Å². The molecule has 2 amide bonds. The Morgan fingerprint density at radius 2 is 1.84 bits per heavy atom. The van der Waals surface area contributed by atoms with Crippen LogP contribution in [0.25, 0.3) is 0 Å². The lowest BCUT2D eigenvalue weighted by atomic mass is 10.3. The number of carbonyl (C=O) groups excluding carboxylic acids is 1. The zero-order chi connectivity index (χ0) is 13.8. The monoisotopic (exact) mass is 314 g/mol. The number of halogens is 2. The average molecular weight is 315 g/mol. The molecule has 0 saturated heterocycles. The van der Waals surface area contributed by atoms with Crippen LogP contribution in [0, 0.1) is 0 Å². The maximum atomic E-state index is 11.8. The maximum absolute atomic E-state index is 11.8. The lowest BCUT2D eigenvalue weighted by Gasteiger charge is -2.13. The van der Waals surface area contributed by atoms with E-state index in [9.17, 15) is 4.79 Å². The minimum Gasteiger partial charge on any atom is -0.331 e. The quantitative estimate of drug-likeness (QED) is 0.828. The molecule has 0 fully saturated rings. The molecule has 100 valence electrons. The van der Waals surface area contributed by atoms with E-state index in [0.29, 0.717) is 15.0 Å². The Kier molecular flexibility index (Phi) is 4.69. The molecule has 0 unspecified atom stereocenters. The third-order valence-corrected chi connectivity index (χ3v) is 4.14. The van der Waals surface area contributed by atoms with E-state index in [2.05, 4.69) is 10.6 Å². The molecule has 1 atom stereocenters. The van der Waals surface area contributed by atoms with Gasteiger partial charge in [-0.05, 0) is 43.3 Å². The molecule has 19 heavy (non-hydrogen) atoms. The Hall–Kier alpha value is -1.23. The van der Waals surface area contributed by atoms with Crippen molar-refractivity contribution < 1.29 is 4.79 Å². The minimum absolute atomic E-state index is 0.0928. The summed E-state index contributed by atoms with van der Waals surface area (Å²) in [5, 5.41) is 6.21. The van der Waals surface area contributed by atoms with Crippen LogP contribution in [-0.4, -0.2) is 6.03 Å². The number of carbonyl (C=O) groups is 1. The number of hydrogen-bond acceptors (Lipinski definition) is 2. The van der Waals surface area contributed by atoms with Crippen LogP contribution in [0.4, 0.5) is 10.5 Å². The van der Waals surface area contributed by atoms with Crippen molar-refractivity contribution in [3.63, 3.8) is 0 Å². The molecular weight excluding hydrogens is 303 g/mol. The van der Waals surface area contributed by atoms with Crippen LogP contribution in [0.2, 0.25) is 9.36 Å². The van der Waals surface area contributed by atoms with Crippen molar-refractivity contribution in [3.8, 4) is 0 Å². The van der Waals surface area contributed by atoms with E-state index in [1.807, 2.05) is 19.1 Å². The van der Waals surface area contributed by atoms with Gasteiger partial charge in [-0.25, -0.2) is 4.79 Å². The summed E-state index contributed by atoms with van der Waals surface area (Å²) in [6.07, 6.45) is 0. The van der Waals surface area contributed by atoms with Crippen LogP contribution in [0.15, 0.2) is 36.4 Å². The van der Waals surface area contributed by atoms with Gasteiger partial charge in [-0.3, -0.25) is 0 Å². The van der Waals surface area contributed by atoms with Crippen molar-refractivity contribution >= 4 is 46.3 Å². The maximum Gasteiger partial charge on any atom is 0.319 e. The molecule has 0 spiro atoms. The highest BCUT2D eigenvalue weighted by Crippen LogP contribution is 2.26. The number of hydrogen-bond donors (Lipinski definition) is 2. The largest absolute Gasteiger partial charge is 0.331 e. The summed E-state index contributed by atoms with van der Waals surface area (Å²) in [6.45, 7) is 1.91. The van der Waals surface area contributed by atoms with Gasteiger partial charge in [0.1, 0.15) is 0 Å². The van der Waals surface area contributed by atoms with Crippen molar-refractivity contribution in [1.29, 1.82) is 0 Å². The fourth-order valence-corrected chi connectivity index (χ4v) is 2.72. The Balaban J connectivity index is 1.92. The molecule has 0 aliphatic heterocycles. The first-order chi connectivity index (χ1) is 9.04. The summed E-state index contributed by atoms with van der Waals surface area (Å²) in [6, 6.07) is 10.3. The molecule has 0 aliphatic carbocycles. The van der Waals surface area contributed by atoms with Crippen molar-refractivity contribution in [3.05, 3.63) is 50.6 Å². The molecule has 2 aromatic rings. The first-order valence-electron chi connectivity index (χ1n) is 5.63. The van der Waals surface area contributed by atoms with Crippen LogP contribution in [0.3, 0.4) is 0 Å². The fourth-order valence-electron chi connectivity index (χ4n) is 1.53. The van der Waals surface area contributed by atoms with Crippen LogP contribution in [0.5, 0.6) is 0 Å². The molecule has 0 aliphatic rings. The van der Waals surface area contributed by atoms with Crippen LogP contribution >= 0.6 is 34.5 Å². The molecule has 0 bridgehead atoms. The van der Waals surface area contributed by atoms with E-state index < -0.39 is 0 Å². The zero-order valence-electron chi connectivity index (χ0n) is 10.1. The van der Waals surface area contributed by atoms with Gasteiger partial charge in [0.25, 0.3) is 0 Å². The van der Waals surface area contributed by atoms with E-state index >= 15 is 0 Å². The molecule has 1 aromatic heterocycles. The van der Waals surface area contributed by atoms with Gasteiger partial charge >= 0.3 is 6.03 Å². The summed E-state index contributed by atoms with van der Waals surface area (Å²) in [5.74, 6) is 0. The molecule has 2 N–H and O–H groups in total. The number of urea groups is 1. The molecule has 1 aromatic carbocycles. The van der Waals surface area contributed by atoms with Crippen LogP contribution in [0.1, 0.15) is 17.8 Å². The standard InChI is InChI=1S/C13H12Cl2N2OS/c1-8(11-6-7-12(15)19-11)16-13(18)17-10-4-2-9(14)3-5-10/h2-8H,1H3,(H2,16,17,18)/t8-/m1/s1. The lowest BCUT2D eigenvalue weighted by Crippen LogP contribution is -2.30. The van der Waals surface area contributed by atoms with Gasteiger partial charge in [-0.1, -0.05) is 23.2 Å². The predicted molar refractivity (Wildman–Crippen MR) is 81.4 cm³/mol. The third-order valence-electron chi connectivity index (χ3n) is 2.47. The average Bonchev–Trinajstić information content (AvgIpc) is 2.79. The van der Waals surface area contributed by atoms with Crippen molar-refractivity contribution in [1.82, 2.24) is 5.32 Å². The highest BCUT2D eigenvalue weighted by Gasteiger charge is 2.11. The topological polar surface area (TPSA) is 41.1 Å². The van der Waals surface area contributed by atoms with Gasteiger partial charge in [-0.2, -0.15) is 0 Å². The van der Waals surface area contributed by atoms with Gasteiger partial charge in [-0.15, -0.1) is 11.3 Å². The smallest absolute Gasteiger partial charge is 0.319 e. The Bertz CT molecular complexity index is 568. The normalized spacial score (nSPS) is 11.9. The van der Waals surface area contributed by atoms with E-state index in [4.69, 9.17) is 23.2 Å². The summed E-state index contributed by atoms with van der Waals surface area (Å²) in [7, 11) is 0. The highest BCUT2D eigenvalue weighted by atomic mass is 35.5. The Labute approximate surface area is 125 Å². The minimum atomic E-state index is -0.264. The van der Waals surface area contributed by atoms with Crippen LogP contribution in [-0.2, 0) is 0 Å². The SMILES string of the molecule is C[C@@H](NC(=O)Nc1ccc(Cl)cc1)c1ccc(Cl)s1. The Morgan fingerprint density at radius 3 is 2.42 bits per heavy atom.